The number of carbonyl (C=O) groups is 1. The summed E-state index contributed by atoms with van der Waals surface area (Å²) in [6.45, 7) is 4.98. The van der Waals surface area contributed by atoms with Crippen LogP contribution >= 0.6 is 7.82 Å². The number of phosphoric acid groups is 1. The Morgan fingerprint density at radius 1 is 0.492 bits per heavy atom. The van der Waals surface area contributed by atoms with Crippen molar-refractivity contribution in [1.29, 1.82) is 0 Å². The van der Waals surface area contributed by atoms with Crippen molar-refractivity contribution >= 4 is 13.8 Å². The number of hydrogen-bond acceptors (Lipinski definition) is 7. The van der Waals surface area contributed by atoms with E-state index in [1.165, 1.54) is 212 Å². The molecule has 59 heavy (non-hydrogen) atoms. The van der Waals surface area contributed by atoms with Gasteiger partial charge in [-0.05, 0) is 38.5 Å². The topological polar surface area (TPSA) is 117 Å². The highest BCUT2D eigenvalue weighted by Crippen LogP contribution is 2.43. The Balaban J connectivity index is 3.90. The van der Waals surface area contributed by atoms with E-state index in [-0.39, 0.29) is 32.3 Å². The van der Waals surface area contributed by atoms with Crippen LogP contribution in [0.15, 0.2) is 12.2 Å². The maximum Gasteiger partial charge on any atom is 0.472 e. The first kappa shape index (κ1) is 58.2. The number of ether oxygens (including phenoxy) is 2. The zero-order chi connectivity index (χ0) is 43.0. The lowest BCUT2D eigenvalue weighted by Crippen LogP contribution is -2.28. The molecule has 0 aromatic rings. The van der Waals surface area contributed by atoms with Gasteiger partial charge in [-0.25, -0.2) is 4.57 Å². The quantitative estimate of drug-likeness (QED) is 0.0269. The molecule has 0 fully saturated rings. The molecule has 9 heteroatoms. The molecule has 0 spiro atoms. The van der Waals surface area contributed by atoms with Gasteiger partial charge in [0.2, 0.25) is 0 Å². The van der Waals surface area contributed by atoms with Crippen LogP contribution in [0.2, 0.25) is 0 Å². The zero-order valence-electron chi connectivity index (χ0n) is 39.3. The summed E-state index contributed by atoms with van der Waals surface area (Å²) in [5, 5.41) is 0. The molecule has 8 nitrogen and oxygen atoms in total. The molecule has 0 aliphatic heterocycles. The number of carbonyl (C=O) groups excluding carboxylic acids is 1. The van der Waals surface area contributed by atoms with Gasteiger partial charge in [-0.3, -0.25) is 13.8 Å². The smallest absolute Gasteiger partial charge is 0.457 e. The fourth-order valence-corrected chi connectivity index (χ4v) is 8.41. The maximum absolute atomic E-state index is 12.7. The summed E-state index contributed by atoms with van der Waals surface area (Å²) >= 11 is 0. The number of unbranched alkanes of at least 4 members (excludes halogenated alkanes) is 35. The van der Waals surface area contributed by atoms with Gasteiger partial charge in [-0.15, -0.1) is 0 Å². The minimum Gasteiger partial charge on any atom is -0.457 e. The summed E-state index contributed by atoms with van der Waals surface area (Å²) < 4.78 is 33.6. The van der Waals surface area contributed by atoms with Gasteiger partial charge in [-0.1, -0.05) is 231 Å². The fourth-order valence-electron chi connectivity index (χ4n) is 7.64. The summed E-state index contributed by atoms with van der Waals surface area (Å²) in [7, 11) is -4.28. The van der Waals surface area contributed by atoms with Crippen LogP contribution in [0.4, 0.5) is 0 Å². The van der Waals surface area contributed by atoms with Gasteiger partial charge in [0.1, 0.15) is 6.10 Å². The third-order valence-corrected chi connectivity index (χ3v) is 12.4. The third kappa shape index (κ3) is 48.1. The normalized spacial score (nSPS) is 13.4. The van der Waals surface area contributed by atoms with Crippen molar-refractivity contribution in [3.63, 3.8) is 0 Å². The Bertz CT molecular complexity index is 920. The average Bonchev–Trinajstić information content (AvgIpc) is 3.23. The second kappa shape index (κ2) is 48.3. The number of phosphoric ester groups is 1. The standard InChI is InChI=1S/C50H100NO7P/c1-3-5-7-9-11-13-15-17-19-21-23-25-27-29-31-33-35-37-39-41-43-50(52)58-49(48-57-59(53,54)56-46-44-51)47-55-45-42-40-38-36-34-32-30-28-26-24-22-20-18-16-14-12-10-8-6-4-2/h18,20,49H,3-17,19,21-48,51H2,1-2H3,(H,53,54)/b20-18-. The molecule has 0 rings (SSSR count). The van der Waals surface area contributed by atoms with Gasteiger partial charge in [0, 0.05) is 19.6 Å². The van der Waals surface area contributed by atoms with Crippen molar-refractivity contribution in [3.8, 4) is 0 Å². The second-order valence-corrected chi connectivity index (χ2v) is 18.8. The van der Waals surface area contributed by atoms with Crippen molar-refractivity contribution < 1.29 is 32.8 Å². The molecule has 3 N–H and O–H groups in total. The molecule has 0 bridgehead atoms. The van der Waals surface area contributed by atoms with E-state index in [0.717, 1.165) is 32.1 Å². The van der Waals surface area contributed by atoms with Crippen molar-refractivity contribution in [3.05, 3.63) is 12.2 Å². The molecule has 0 saturated heterocycles. The molecule has 2 atom stereocenters. The van der Waals surface area contributed by atoms with Crippen LogP contribution in [-0.4, -0.2) is 49.9 Å². The van der Waals surface area contributed by atoms with Gasteiger partial charge in [0.25, 0.3) is 0 Å². The first-order valence-electron chi connectivity index (χ1n) is 25.7. The van der Waals surface area contributed by atoms with E-state index in [0.29, 0.717) is 13.0 Å². The maximum atomic E-state index is 12.7. The van der Waals surface area contributed by atoms with E-state index in [1.54, 1.807) is 0 Å². The van der Waals surface area contributed by atoms with E-state index in [9.17, 15) is 14.3 Å². The molecule has 0 heterocycles. The highest BCUT2D eigenvalue weighted by atomic mass is 31.2. The molecule has 0 saturated carbocycles. The molecule has 0 aromatic heterocycles. The summed E-state index contributed by atoms with van der Waals surface area (Å²) in [4.78, 5) is 22.6. The highest BCUT2D eigenvalue weighted by Gasteiger charge is 2.25. The summed E-state index contributed by atoms with van der Waals surface area (Å²) in [6.07, 6.45) is 53.8. The summed E-state index contributed by atoms with van der Waals surface area (Å²) in [5.74, 6) is -0.323. The number of allylic oxidation sites excluding steroid dienone is 2. The van der Waals surface area contributed by atoms with Crippen LogP contribution in [0.5, 0.6) is 0 Å². The SMILES string of the molecule is CCCCCCCC/C=C\CCCCCCCCCCCCOCC(COP(=O)(O)OCCN)OC(=O)CCCCCCCCCCCCCCCCCCCCCC. The van der Waals surface area contributed by atoms with Crippen LogP contribution in [0.3, 0.4) is 0 Å². The highest BCUT2D eigenvalue weighted by molar-refractivity contribution is 7.47. The Morgan fingerprint density at radius 2 is 0.847 bits per heavy atom. The van der Waals surface area contributed by atoms with E-state index >= 15 is 0 Å². The van der Waals surface area contributed by atoms with Gasteiger partial charge in [0.15, 0.2) is 0 Å². The minimum atomic E-state index is -4.28. The molecular weight excluding hydrogens is 758 g/mol. The molecule has 0 aromatic carbocycles. The lowest BCUT2D eigenvalue weighted by Gasteiger charge is -2.20. The van der Waals surface area contributed by atoms with E-state index < -0.39 is 13.9 Å². The fraction of sp³-hybridized carbons (Fsp3) is 0.940. The molecule has 352 valence electrons. The predicted molar refractivity (Wildman–Crippen MR) is 252 cm³/mol. The van der Waals surface area contributed by atoms with E-state index in [1.807, 2.05) is 0 Å². The van der Waals surface area contributed by atoms with Crippen LogP contribution in [0.25, 0.3) is 0 Å². The first-order chi connectivity index (χ1) is 28.9. The summed E-state index contributed by atoms with van der Waals surface area (Å²) in [6, 6.07) is 0. The molecule has 0 radical (unpaired) electrons. The van der Waals surface area contributed by atoms with Gasteiger partial charge in [0.05, 0.1) is 19.8 Å². The van der Waals surface area contributed by atoms with Crippen LogP contribution < -0.4 is 5.73 Å². The minimum absolute atomic E-state index is 0.0918. The van der Waals surface area contributed by atoms with Crippen molar-refractivity contribution in [1.82, 2.24) is 0 Å². The Morgan fingerprint density at radius 3 is 1.24 bits per heavy atom. The molecular formula is C50H100NO7P. The van der Waals surface area contributed by atoms with Crippen LogP contribution in [0.1, 0.15) is 264 Å². The van der Waals surface area contributed by atoms with E-state index in [4.69, 9.17) is 24.3 Å². The largest absolute Gasteiger partial charge is 0.472 e. The predicted octanol–water partition coefficient (Wildman–Crippen LogP) is 15.8. The number of rotatable bonds is 50. The summed E-state index contributed by atoms with van der Waals surface area (Å²) in [5.41, 5.74) is 5.39. The first-order valence-corrected chi connectivity index (χ1v) is 27.2. The van der Waals surface area contributed by atoms with Gasteiger partial charge >= 0.3 is 13.8 Å². The third-order valence-electron chi connectivity index (χ3n) is 11.4. The monoisotopic (exact) mass is 858 g/mol. The Kier molecular flexibility index (Phi) is 47.7. The molecule has 2 unspecified atom stereocenters. The van der Waals surface area contributed by atoms with Crippen molar-refractivity contribution in [2.24, 2.45) is 5.73 Å². The van der Waals surface area contributed by atoms with Crippen LogP contribution in [-0.2, 0) is 27.9 Å². The average molecular weight is 858 g/mol. The zero-order valence-corrected chi connectivity index (χ0v) is 40.2. The number of nitrogens with two attached hydrogens (primary N) is 1. The van der Waals surface area contributed by atoms with Crippen LogP contribution in [0, 0.1) is 0 Å². The number of hydrogen-bond donors (Lipinski definition) is 2. The van der Waals surface area contributed by atoms with Crippen molar-refractivity contribution in [2.75, 3.05) is 33.0 Å². The van der Waals surface area contributed by atoms with Gasteiger partial charge < -0.3 is 20.1 Å². The molecule has 0 aliphatic carbocycles. The number of esters is 1. The lowest BCUT2D eigenvalue weighted by atomic mass is 10.0. The van der Waals surface area contributed by atoms with Gasteiger partial charge in [-0.2, -0.15) is 0 Å². The second-order valence-electron chi connectivity index (χ2n) is 17.4. The lowest BCUT2D eigenvalue weighted by molar-refractivity contribution is -0.154. The molecule has 0 aliphatic rings. The Labute approximate surface area is 366 Å². The Hall–Kier alpha value is -0.760. The van der Waals surface area contributed by atoms with Crippen molar-refractivity contribution in [2.45, 2.75) is 270 Å². The van der Waals surface area contributed by atoms with E-state index in [2.05, 4.69) is 26.0 Å². The molecule has 0 amide bonds.